The van der Waals surface area contributed by atoms with Crippen molar-refractivity contribution in [3.05, 3.63) is 84.0 Å². The third-order valence-corrected chi connectivity index (χ3v) is 8.43. The van der Waals surface area contributed by atoms with Gasteiger partial charge in [-0.25, -0.2) is 9.80 Å². The zero-order chi connectivity index (χ0) is 27.3. The minimum atomic E-state index is -0.486. The SMILES string of the molecule is CO[C@H]1C=CC[C@H]2C(=O)N(c3ccc(Cc4ccc(N5C(=O)[C@H]6[C@@H](OC)C=CC[C@H]6C5=O)cc4)cc3)C(=O)[C@@H]12. The van der Waals surface area contributed by atoms with E-state index >= 15 is 0 Å². The molecule has 0 bridgehead atoms. The fourth-order valence-electron chi connectivity index (χ4n) is 6.41. The van der Waals surface area contributed by atoms with Crippen molar-refractivity contribution in [1.29, 1.82) is 0 Å². The number of hydrogen-bond acceptors (Lipinski definition) is 6. The Labute approximate surface area is 226 Å². The van der Waals surface area contributed by atoms with Crippen LogP contribution in [0.4, 0.5) is 11.4 Å². The number of anilines is 2. The minimum Gasteiger partial charge on any atom is -0.377 e. The van der Waals surface area contributed by atoms with E-state index in [1.807, 2.05) is 48.6 Å². The highest BCUT2D eigenvalue weighted by Crippen LogP contribution is 2.40. The first-order valence-electron chi connectivity index (χ1n) is 13.3. The van der Waals surface area contributed by atoms with Crippen LogP contribution in [0.5, 0.6) is 0 Å². The molecular formula is C31H30N2O6. The number of fused-ring (bicyclic) bond motifs is 2. The summed E-state index contributed by atoms with van der Waals surface area (Å²) in [6, 6.07) is 14.8. The highest BCUT2D eigenvalue weighted by Gasteiger charge is 2.53. The summed E-state index contributed by atoms with van der Waals surface area (Å²) in [5.74, 6) is -2.55. The van der Waals surface area contributed by atoms with Crippen molar-refractivity contribution < 1.29 is 28.7 Å². The number of ether oxygens (including phenoxy) is 2. The molecule has 6 rings (SSSR count). The summed E-state index contributed by atoms with van der Waals surface area (Å²) in [5.41, 5.74) is 3.13. The highest BCUT2D eigenvalue weighted by atomic mass is 16.5. The van der Waals surface area contributed by atoms with Gasteiger partial charge in [-0.3, -0.25) is 19.2 Å². The van der Waals surface area contributed by atoms with Crippen molar-refractivity contribution >= 4 is 35.0 Å². The number of carbonyl (C=O) groups excluding carboxylic acids is 4. The van der Waals surface area contributed by atoms with Crippen LogP contribution in [0.25, 0.3) is 0 Å². The molecule has 2 aliphatic carbocycles. The van der Waals surface area contributed by atoms with Gasteiger partial charge in [-0.1, -0.05) is 48.6 Å². The Balaban J connectivity index is 1.15. The van der Waals surface area contributed by atoms with Gasteiger partial charge in [0.05, 0.1) is 47.3 Å². The Bertz CT molecular complexity index is 1270. The van der Waals surface area contributed by atoms with Gasteiger partial charge in [-0.15, -0.1) is 0 Å². The van der Waals surface area contributed by atoms with E-state index in [1.165, 1.54) is 9.80 Å². The van der Waals surface area contributed by atoms with Crippen LogP contribution in [0.15, 0.2) is 72.8 Å². The van der Waals surface area contributed by atoms with Crippen molar-refractivity contribution in [3.8, 4) is 0 Å². The lowest BCUT2D eigenvalue weighted by atomic mass is 9.83. The van der Waals surface area contributed by atoms with E-state index in [0.717, 1.165) is 11.1 Å². The molecule has 2 aromatic carbocycles. The summed E-state index contributed by atoms with van der Waals surface area (Å²) in [7, 11) is 3.11. The molecule has 2 saturated heterocycles. The summed E-state index contributed by atoms with van der Waals surface area (Å²) in [5, 5.41) is 0. The molecule has 2 aliphatic heterocycles. The van der Waals surface area contributed by atoms with Gasteiger partial charge in [0.25, 0.3) is 0 Å². The number of imide groups is 2. The predicted octanol–water partition coefficient (Wildman–Crippen LogP) is 3.44. The van der Waals surface area contributed by atoms with Gasteiger partial charge < -0.3 is 9.47 Å². The Morgan fingerprint density at radius 2 is 1.00 bits per heavy atom. The summed E-state index contributed by atoms with van der Waals surface area (Å²) >= 11 is 0. The minimum absolute atomic E-state index is 0.182. The zero-order valence-corrected chi connectivity index (χ0v) is 21.9. The Morgan fingerprint density at radius 1 is 0.615 bits per heavy atom. The van der Waals surface area contributed by atoms with Gasteiger partial charge in [-0.05, 0) is 54.7 Å². The Morgan fingerprint density at radius 3 is 1.36 bits per heavy atom. The molecule has 8 heteroatoms. The first-order valence-corrected chi connectivity index (χ1v) is 13.3. The first-order chi connectivity index (χ1) is 18.9. The number of rotatable bonds is 6. The fraction of sp³-hybridized carbons (Fsp3) is 0.355. The number of amides is 4. The number of allylic oxidation sites excluding steroid dienone is 2. The highest BCUT2D eigenvalue weighted by molar-refractivity contribution is 6.23. The second-order valence-corrected chi connectivity index (χ2v) is 10.5. The van der Waals surface area contributed by atoms with Crippen LogP contribution >= 0.6 is 0 Å². The lowest BCUT2D eigenvalue weighted by Crippen LogP contribution is -2.35. The average Bonchev–Trinajstić information content (AvgIpc) is 3.38. The molecule has 200 valence electrons. The van der Waals surface area contributed by atoms with E-state index in [4.69, 9.17) is 9.47 Å². The summed E-state index contributed by atoms with van der Waals surface area (Å²) < 4.78 is 10.9. The van der Waals surface area contributed by atoms with E-state index in [2.05, 4.69) is 0 Å². The lowest BCUT2D eigenvalue weighted by Gasteiger charge is -2.24. The number of hydrogen-bond donors (Lipinski definition) is 0. The quantitative estimate of drug-likeness (QED) is 0.423. The van der Waals surface area contributed by atoms with E-state index in [-0.39, 0.29) is 47.7 Å². The summed E-state index contributed by atoms with van der Waals surface area (Å²) in [6.07, 6.45) is 8.47. The molecule has 2 aromatic rings. The molecule has 6 atom stereocenters. The molecule has 2 heterocycles. The summed E-state index contributed by atoms with van der Waals surface area (Å²) in [6.45, 7) is 0. The molecule has 0 radical (unpaired) electrons. The predicted molar refractivity (Wildman–Crippen MR) is 144 cm³/mol. The fourth-order valence-corrected chi connectivity index (χ4v) is 6.41. The Kier molecular flexibility index (Phi) is 6.53. The number of methoxy groups -OCH3 is 2. The van der Waals surface area contributed by atoms with Crippen LogP contribution in [0.2, 0.25) is 0 Å². The second-order valence-electron chi connectivity index (χ2n) is 10.5. The topological polar surface area (TPSA) is 93.2 Å². The third kappa shape index (κ3) is 4.15. The van der Waals surface area contributed by atoms with Crippen molar-refractivity contribution in [3.63, 3.8) is 0 Å². The van der Waals surface area contributed by atoms with Crippen LogP contribution in [-0.2, 0) is 35.1 Å². The Hall–Kier alpha value is -3.88. The molecule has 4 aliphatic rings. The van der Waals surface area contributed by atoms with Crippen molar-refractivity contribution in [2.24, 2.45) is 23.7 Å². The average molecular weight is 527 g/mol. The van der Waals surface area contributed by atoms with Crippen LogP contribution in [0.1, 0.15) is 24.0 Å². The van der Waals surface area contributed by atoms with Crippen molar-refractivity contribution in [1.82, 2.24) is 0 Å². The molecule has 0 N–H and O–H groups in total. The monoisotopic (exact) mass is 526 g/mol. The van der Waals surface area contributed by atoms with E-state index in [1.54, 1.807) is 38.5 Å². The maximum Gasteiger partial charge on any atom is 0.240 e. The van der Waals surface area contributed by atoms with Gasteiger partial charge in [-0.2, -0.15) is 0 Å². The zero-order valence-electron chi connectivity index (χ0n) is 21.9. The number of carbonyl (C=O) groups is 4. The maximum atomic E-state index is 13.1. The van der Waals surface area contributed by atoms with Crippen LogP contribution in [-0.4, -0.2) is 50.1 Å². The van der Waals surface area contributed by atoms with Gasteiger partial charge in [0.15, 0.2) is 0 Å². The molecule has 0 saturated carbocycles. The first kappa shape index (κ1) is 25.4. The molecule has 0 spiro atoms. The third-order valence-electron chi connectivity index (χ3n) is 8.43. The molecule has 0 unspecified atom stereocenters. The second kappa shape index (κ2) is 10.0. The van der Waals surface area contributed by atoms with E-state index < -0.39 is 11.8 Å². The molecular weight excluding hydrogens is 496 g/mol. The lowest BCUT2D eigenvalue weighted by molar-refractivity contribution is -0.125. The number of benzene rings is 2. The largest absolute Gasteiger partial charge is 0.377 e. The van der Waals surface area contributed by atoms with Gasteiger partial charge in [0, 0.05) is 14.2 Å². The van der Waals surface area contributed by atoms with Gasteiger partial charge in [0.2, 0.25) is 23.6 Å². The van der Waals surface area contributed by atoms with Crippen molar-refractivity contribution in [2.45, 2.75) is 31.5 Å². The van der Waals surface area contributed by atoms with Crippen LogP contribution < -0.4 is 9.80 Å². The van der Waals surface area contributed by atoms with E-state index in [0.29, 0.717) is 30.6 Å². The number of nitrogens with zero attached hydrogens (tertiary/aromatic N) is 2. The molecule has 0 aromatic heterocycles. The molecule has 8 nitrogen and oxygen atoms in total. The van der Waals surface area contributed by atoms with Crippen LogP contribution in [0, 0.1) is 23.7 Å². The van der Waals surface area contributed by atoms with E-state index in [9.17, 15) is 19.2 Å². The van der Waals surface area contributed by atoms with Gasteiger partial charge >= 0.3 is 0 Å². The van der Waals surface area contributed by atoms with Crippen molar-refractivity contribution in [2.75, 3.05) is 24.0 Å². The maximum absolute atomic E-state index is 13.1. The molecule has 4 amide bonds. The van der Waals surface area contributed by atoms with Crippen LogP contribution in [0.3, 0.4) is 0 Å². The smallest absolute Gasteiger partial charge is 0.240 e. The summed E-state index contributed by atoms with van der Waals surface area (Å²) in [4.78, 5) is 54.9. The normalized spacial score (nSPS) is 29.8. The molecule has 39 heavy (non-hydrogen) atoms. The molecule has 2 fully saturated rings. The standard InChI is InChI=1S/C31H30N2O6/c1-38-24-7-3-5-22-26(24)30(36)32(28(22)34)20-13-9-18(10-14-20)17-19-11-15-21(16-12-19)33-29(35)23-6-4-8-25(39-2)27(23)31(33)37/h3-4,7-16,22-27H,5-6,17H2,1-2H3/t22-,23-,24+,25+,26-,27-/m1/s1. The van der Waals surface area contributed by atoms with Gasteiger partial charge in [0.1, 0.15) is 0 Å².